The van der Waals surface area contributed by atoms with Crippen LogP contribution in [-0.4, -0.2) is 34.1 Å². The number of para-hydroxylation sites is 2. The highest BCUT2D eigenvalue weighted by Gasteiger charge is 2.15. The standard InChI is InChI=1S/C18H23N3O2/c1-18(2,13-22)10-5-11-19-17(23)9-8-14-12-20-15-6-3-4-7-16(15)21-14/h3-4,6-9,12,22H,5,10-11,13H2,1-2H3,(H,19,23)/b9-8+. The number of aliphatic hydroxyl groups excluding tert-OH is 1. The van der Waals surface area contributed by atoms with E-state index in [1.165, 1.54) is 6.08 Å². The average molecular weight is 313 g/mol. The van der Waals surface area contributed by atoms with Crippen LogP contribution in [0.4, 0.5) is 0 Å². The van der Waals surface area contributed by atoms with E-state index in [4.69, 9.17) is 0 Å². The van der Waals surface area contributed by atoms with E-state index in [1.807, 2.05) is 38.1 Å². The van der Waals surface area contributed by atoms with Crippen molar-refractivity contribution >= 4 is 23.0 Å². The molecule has 2 aromatic rings. The van der Waals surface area contributed by atoms with E-state index < -0.39 is 0 Å². The zero-order valence-electron chi connectivity index (χ0n) is 13.6. The minimum absolute atomic E-state index is 0.0960. The topological polar surface area (TPSA) is 75.1 Å². The fraction of sp³-hybridized carbons (Fsp3) is 0.389. The molecule has 5 nitrogen and oxygen atoms in total. The molecule has 0 fully saturated rings. The molecule has 0 saturated heterocycles. The summed E-state index contributed by atoms with van der Waals surface area (Å²) in [6, 6.07) is 7.61. The maximum absolute atomic E-state index is 11.8. The van der Waals surface area contributed by atoms with Crippen molar-refractivity contribution in [2.75, 3.05) is 13.2 Å². The second-order valence-electron chi connectivity index (χ2n) is 6.33. The number of aliphatic hydroxyl groups is 1. The lowest BCUT2D eigenvalue weighted by atomic mass is 9.89. The van der Waals surface area contributed by atoms with Crippen molar-refractivity contribution in [2.45, 2.75) is 26.7 Å². The Balaban J connectivity index is 1.83. The molecule has 23 heavy (non-hydrogen) atoms. The van der Waals surface area contributed by atoms with Crippen LogP contribution in [0.3, 0.4) is 0 Å². The molecule has 0 radical (unpaired) electrons. The molecule has 1 aromatic heterocycles. The van der Waals surface area contributed by atoms with Gasteiger partial charge in [0.2, 0.25) is 5.91 Å². The van der Waals surface area contributed by atoms with E-state index in [0.29, 0.717) is 12.2 Å². The molecule has 122 valence electrons. The third kappa shape index (κ3) is 5.45. The number of carbonyl (C=O) groups is 1. The molecule has 0 unspecified atom stereocenters. The summed E-state index contributed by atoms with van der Waals surface area (Å²) in [4.78, 5) is 20.5. The summed E-state index contributed by atoms with van der Waals surface area (Å²) in [7, 11) is 0. The Labute approximate surface area is 136 Å². The third-order valence-corrected chi connectivity index (χ3v) is 3.63. The molecule has 0 aliphatic rings. The molecular formula is C18H23N3O2. The van der Waals surface area contributed by atoms with Gasteiger partial charge in [-0.2, -0.15) is 0 Å². The smallest absolute Gasteiger partial charge is 0.244 e. The first-order chi connectivity index (χ1) is 11.0. The van der Waals surface area contributed by atoms with Crippen molar-refractivity contribution in [3.8, 4) is 0 Å². The summed E-state index contributed by atoms with van der Waals surface area (Å²) < 4.78 is 0. The Bertz CT molecular complexity index is 695. The molecule has 0 bridgehead atoms. The first-order valence-electron chi connectivity index (χ1n) is 7.79. The number of hydrogen-bond donors (Lipinski definition) is 2. The Hall–Kier alpha value is -2.27. The minimum Gasteiger partial charge on any atom is -0.396 e. The van der Waals surface area contributed by atoms with Crippen molar-refractivity contribution in [1.82, 2.24) is 15.3 Å². The lowest BCUT2D eigenvalue weighted by Crippen LogP contribution is -2.24. The van der Waals surface area contributed by atoms with Gasteiger partial charge in [-0.25, -0.2) is 4.98 Å². The first kappa shape index (κ1) is 17.1. The van der Waals surface area contributed by atoms with Crippen molar-refractivity contribution in [3.63, 3.8) is 0 Å². The third-order valence-electron chi connectivity index (χ3n) is 3.63. The Kier molecular flexibility index (Phi) is 5.82. The highest BCUT2D eigenvalue weighted by molar-refractivity contribution is 5.91. The van der Waals surface area contributed by atoms with E-state index in [0.717, 1.165) is 23.9 Å². The number of fused-ring (bicyclic) bond motifs is 1. The molecule has 1 heterocycles. The van der Waals surface area contributed by atoms with E-state index in [-0.39, 0.29) is 17.9 Å². The minimum atomic E-state index is -0.151. The van der Waals surface area contributed by atoms with Crippen molar-refractivity contribution in [3.05, 3.63) is 42.2 Å². The largest absolute Gasteiger partial charge is 0.396 e. The second kappa shape index (κ2) is 7.83. The number of benzene rings is 1. The van der Waals surface area contributed by atoms with Gasteiger partial charge in [0, 0.05) is 19.2 Å². The van der Waals surface area contributed by atoms with Crippen LogP contribution < -0.4 is 5.32 Å². The van der Waals surface area contributed by atoms with Gasteiger partial charge in [0.1, 0.15) is 0 Å². The summed E-state index contributed by atoms with van der Waals surface area (Å²) in [5.74, 6) is -0.151. The van der Waals surface area contributed by atoms with Crippen molar-refractivity contribution in [2.24, 2.45) is 5.41 Å². The SMILES string of the molecule is CC(C)(CO)CCCNC(=O)/C=C/c1cnc2ccccc2n1. The van der Waals surface area contributed by atoms with Crippen molar-refractivity contribution in [1.29, 1.82) is 0 Å². The van der Waals surface area contributed by atoms with E-state index in [9.17, 15) is 9.90 Å². The Morgan fingerprint density at radius 2 is 2.04 bits per heavy atom. The van der Waals surface area contributed by atoms with Crippen LogP contribution in [0.15, 0.2) is 36.5 Å². The maximum atomic E-state index is 11.8. The highest BCUT2D eigenvalue weighted by Crippen LogP contribution is 2.20. The van der Waals surface area contributed by atoms with Gasteiger partial charge in [-0.15, -0.1) is 0 Å². The van der Waals surface area contributed by atoms with Gasteiger partial charge < -0.3 is 10.4 Å². The van der Waals surface area contributed by atoms with Crippen LogP contribution in [0.1, 0.15) is 32.4 Å². The first-order valence-corrected chi connectivity index (χ1v) is 7.79. The summed E-state index contributed by atoms with van der Waals surface area (Å²) >= 11 is 0. The summed E-state index contributed by atoms with van der Waals surface area (Å²) in [5.41, 5.74) is 2.20. The molecule has 0 saturated carbocycles. The molecule has 1 amide bonds. The summed E-state index contributed by atoms with van der Waals surface area (Å²) in [6.07, 6.45) is 6.48. The molecule has 1 aromatic carbocycles. The van der Waals surface area contributed by atoms with Crippen LogP contribution in [0.25, 0.3) is 17.1 Å². The summed E-state index contributed by atoms with van der Waals surface area (Å²) in [5, 5.41) is 12.0. The van der Waals surface area contributed by atoms with E-state index >= 15 is 0 Å². The number of nitrogens with zero attached hydrogens (tertiary/aromatic N) is 2. The number of nitrogens with one attached hydrogen (secondary N) is 1. The van der Waals surface area contributed by atoms with Gasteiger partial charge in [-0.05, 0) is 36.5 Å². The summed E-state index contributed by atoms with van der Waals surface area (Å²) in [6.45, 7) is 4.76. The normalized spacial score (nSPS) is 12.0. The number of aromatic nitrogens is 2. The Morgan fingerprint density at radius 1 is 1.30 bits per heavy atom. The predicted molar refractivity (Wildman–Crippen MR) is 91.7 cm³/mol. The van der Waals surface area contributed by atoms with E-state index in [1.54, 1.807) is 12.3 Å². The molecule has 0 aliphatic carbocycles. The van der Waals surface area contributed by atoms with Gasteiger partial charge in [-0.3, -0.25) is 9.78 Å². The Morgan fingerprint density at radius 3 is 2.78 bits per heavy atom. The van der Waals surface area contributed by atoms with Crippen LogP contribution in [0, 0.1) is 5.41 Å². The fourth-order valence-corrected chi connectivity index (χ4v) is 2.13. The van der Waals surface area contributed by atoms with E-state index in [2.05, 4.69) is 15.3 Å². The number of amides is 1. The van der Waals surface area contributed by atoms with Gasteiger partial charge in [-0.1, -0.05) is 26.0 Å². The zero-order valence-corrected chi connectivity index (χ0v) is 13.6. The van der Waals surface area contributed by atoms with Crippen LogP contribution in [0.2, 0.25) is 0 Å². The van der Waals surface area contributed by atoms with Gasteiger partial charge in [0.25, 0.3) is 0 Å². The number of rotatable bonds is 7. The van der Waals surface area contributed by atoms with Gasteiger partial charge in [0.05, 0.1) is 22.9 Å². The number of carbonyl (C=O) groups excluding carboxylic acids is 1. The fourth-order valence-electron chi connectivity index (χ4n) is 2.13. The quantitative estimate of drug-likeness (QED) is 0.608. The lowest BCUT2D eigenvalue weighted by molar-refractivity contribution is -0.116. The predicted octanol–water partition coefficient (Wildman–Crippen LogP) is 2.56. The second-order valence-corrected chi connectivity index (χ2v) is 6.33. The van der Waals surface area contributed by atoms with Crippen molar-refractivity contribution < 1.29 is 9.90 Å². The monoisotopic (exact) mass is 313 g/mol. The average Bonchev–Trinajstić information content (AvgIpc) is 2.56. The molecule has 0 aliphatic heterocycles. The molecule has 0 spiro atoms. The van der Waals surface area contributed by atoms with Crippen LogP contribution >= 0.6 is 0 Å². The zero-order chi connectivity index (χ0) is 16.7. The molecule has 0 atom stereocenters. The van der Waals surface area contributed by atoms with Crippen LogP contribution in [-0.2, 0) is 4.79 Å². The number of hydrogen-bond acceptors (Lipinski definition) is 4. The molecule has 2 rings (SSSR count). The highest BCUT2D eigenvalue weighted by atomic mass is 16.3. The lowest BCUT2D eigenvalue weighted by Gasteiger charge is -2.20. The molecule has 5 heteroatoms. The van der Waals surface area contributed by atoms with Gasteiger partial charge >= 0.3 is 0 Å². The molecule has 2 N–H and O–H groups in total. The van der Waals surface area contributed by atoms with Crippen LogP contribution in [0.5, 0.6) is 0 Å². The molecular weight excluding hydrogens is 290 g/mol. The maximum Gasteiger partial charge on any atom is 0.244 e. The van der Waals surface area contributed by atoms with Gasteiger partial charge in [0.15, 0.2) is 0 Å².